The molecule has 4 N–H and O–H groups in total. The average Bonchev–Trinajstić information content (AvgIpc) is 3.03. The zero-order valence-electron chi connectivity index (χ0n) is 10.7. The van der Waals surface area contributed by atoms with E-state index in [4.69, 9.17) is 6.80 Å². The molecule has 0 radical (unpaired) electrons. The second kappa shape index (κ2) is 14.7. The van der Waals surface area contributed by atoms with Gasteiger partial charge in [0.25, 0.3) is 0 Å². The molecule has 2 heterocycles. The van der Waals surface area contributed by atoms with Gasteiger partial charge in [-0.15, -0.1) is 23.5 Å². The van der Waals surface area contributed by atoms with Crippen LogP contribution in [0.1, 0.15) is 0 Å². The van der Waals surface area contributed by atoms with Gasteiger partial charge in [0.2, 0.25) is 0 Å². The first-order chi connectivity index (χ1) is 9.99. The van der Waals surface area contributed by atoms with E-state index in [1.165, 1.54) is 0 Å². The van der Waals surface area contributed by atoms with Crippen molar-refractivity contribution in [1.82, 2.24) is 21.3 Å². The molecule has 21 heavy (non-hydrogen) atoms. The van der Waals surface area contributed by atoms with Crippen LogP contribution in [-0.2, 0) is 50.5 Å². The molecular weight excluding hydrogens is 472 g/mol. The molecule has 6 nitrogen and oxygen atoms in total. The molecule has 0 saturated carbocycles. The quantitative estimate of drug-likeness (QED) is 0.237. The van der Waals surface area contributed by atoms with E-state index in [1.807, 2.05) is 0 Å². The Morgan fingerprint density at radius 2 is 1.33 bits per heavy atom. The molecule has 2 unspecified atom stereocenters. The molecule has 2 fully saturated rings. The Balaban J connectivity index is 0.000000322. The molecule has 0 spiro atoms. The fourth-order valence-electron chi connectivity index (χ4n) is 1.25. The third-order valence-corrected chi connectivity index (χ3v) is 4.52. The molecule has 2 rings (SSSR count). The van der Waals surface area contributed by atoms with E-state index >= 15 is 0 Å². The van der Waals surface area contributed by atoms with Gasteiger partial charge in [-0.2, -0.15) is 0 Å². The third kappa shape index (κ3) is 14.5. The van der Waals surface area contributed by atoms with Crippen LogP contribution in [0.4, 0.5) is 0 Å². The first kappa shape index (κ1) is 22.1. The van der Waals surface area contributed by atoms with E-state index in [0.29, 0.717) is 8.64 Å². The minimum absolute atomic E-state index is 0.259. The van der Waals surface area contributed by atoms with Gasteiger partial charge in [0.15, 0.2) is 0 Å². The van der Waals surface area contributed by atoms with Crippen molar-refractivity contribution < 1.29 is 25.3 Å². The molecule has 2 aliphatic rings. The monoisotopic (exact) mass is 488 g/mol. The predicted molar refractivity (Wildman–Crippen MR) is 96.1 cm³/mol. The fraction of sp³-hybridized carbons (Fsp3) is 0.750. The second-order valence-corrected chi connectivity index (χ2v) is 8.25. The van der Waals surface area contributed by atoms with Crippen LogP contribution >= 0.6 is 48.0 Å². The molecule has 0 aliphatic carbocycles. The van der Waals surface area contributed by atoms with E-state index in [9.17, 15) is 0 Å². The van der Waals surface area contributed by atoms with Crippen molar-refractivity contribution in [2.24, 2.45) is 0 Å². The van der Waals surface area contributed by atoms with Gasteiger partial charge in [0.05, 0.1) is 0 Å². The molecule has 2 aliphatic heterocycles. The Bertz CT molecular complexity index is 331. The van der Waals surface area contributed by atoms with E-state index in [1.54, 1.807) is 23.5 Å². The van der Waals surface area contributed by atoms with Crippen LogP contribution in [-0.4, -0.2) is 44.2 Å². The summed E-state index contributed by atoms with van der Waals surface area (Å²) in [7, 11) is 0. The maximum atomic E-state index is 8.50. The summed E-state index contributed by atoms with van der Waals surface area (Å²) in [6.07, 6.45) is 0. The normalized spacial score (nSPS) is 22.7. The molecule has 0 amide bonds. The van der Waals surface area contributed by atoms with Crippen molar-refractivity contribution in [2.75, 3.05) is 24.6 Å². The van der Waals surface area contributed by atoms with Gasteiger partial charge in [0, 0.05) is 24.6 Å². The zero-order chi connectivity index (χ0) is 16.1. The molecule has 0 aromatic rings. The minimum atomic E-state index is -2.03. The Morgan fingerprint density at radius 3 is 1.52 bits per heavy atom. The van der Waals surface area contributed by atoms with Crippen LogP contribution in [0.2, 0.25) is 0 Å². The number of rotatable bonds is 2. The van der Waals surface area contributed by atoms with E-state index in [2.05, 4.69) is 71.0 Å². The summed E-state index contributed by atoms with van der Waals surface area (Å²) in [5.74, 6) is 2.27. The molecule has 0 aromatic carbocycles. The van der Waals surface area contributed by atoms with Crippen LogP contribution in [0.15, 0.2) is 0 Å². The van der Waals surface area contributed by atoms with Crippen molar-refractivity contribution >= 4 is 81.9 Å². The standard InChI is InChI=1S/2C4H8N2S3.Mo.2O/c2*7-4(8)6-3-5-1-2-9-3;;;/h2*3,5H,1-2H2,(H2,6,7,8);;;/q;;+2;;/p-2. The summed E-state index contributed by atoms with van der Waals surface area (Å²) in [6.45, 7) is 2.08. The summed E-state index contributed by atoms with van der Waals surface area (Å²) in [5.41, 5.74) is 0.519. The number of hydrogen-bond acceptors (Lipinski definition) is 10. The second-order valence-electron chi connectivity index (χ2n) is 3.34. The first-order valence-electron chi connectivity index (χ1n) is 5.56. The van der Waals surface area contributed by atoms with Crippen molar-refractivity contribution in [3.05, 3.63) is 0 Å². The van der Waals surface area contributed by atoms with Crippen molar-refractivity contribution in [1.29, 1.82) is 0 Å². The molecule has 2 atom stereocenters. The molecule has 2 saturated heterocycles. The molecule has 0 aromatic heterocycles. The van der Waals surface area contributed by atoms with Gasteiger partial charge in [-0.3, -0.25) is 10.6 Å². The summed E-state index contributed by atoms with van der Waals surface area (Å²) < 4.78 is 17.9. The number of thioether (sulfide) groups is 2. The Hall–Kier alpha value is 1.13. The van der Waals surface area contributed by atoms with Crippen LogP contribution in [0.3, 0.4) is 0 Å². The average molecular weight is 487 g/mol. The number of hydrogen-bond donors (Lipinski definition) is 4. The predicted octanol–water partition coefficient (Wildman–Crippen LogP) is -0.184. The summed E-state index contributed by atoms with van der Waals surface area (Å²) in [6, 6.07) is 0. The van der Waals surface area contributed by atoms with Gasteiger partial charge >= 0.3 is 25.3 Å². The SMILES string of the molecule is S=C([S-])NC1NCCS1.S=C([S-])NC1NCCS1.[O]=[Mo+2]=[O]. The molecule has 13 heteroatoms. The van der Waals surface area contributed by atoms with Gasteiger partial charge in [-0.25, -0.2) is 0 Å². The van der Waals surface area contributed by atoms with Crippen LogP contribution in [0.25, 0.3) is 0 Å². The van der Waals surface area contributed by atoms with Crippen LogP contribution in [0.5, 0.6) is 0 Å². The van der Waals surface area contributed by atoms with Crippen molar-refractivity contribution in [2.45, 2.75) is 11.0 Å². The zero-order valence-corrected chi connectivity index (χ0v) is 17.6. The summed E-state index contributed by atoms with van der Waals surface area (Å²) in [5, 5.41) is 12.3. The Kier molecular flexibility index (Phi) is 15.5. The van der Waals surface area contributed by atoms with Gasteiger partial charge in [-0.05, 0) is 0 Å². The maximum absolute atomic E-state index is 8.50. The Labute approximate surface area is 162 Å². The van der Waals surface area contributed by atoms with Crippen LogP contribution in [0, 0.1) is 0 Å². The Morgan fingerprint density at radius 1 is 1.00 bits per heavy atom. The van der Waals surface area contributed by atoms with Gasteiger partial charge < -0.3 is 60.3 Å². The number of nitrogens with one attached hydrogen (secondary N) is 4. The summed E-state index contributed by atoms with van der Waals surface area (Å²) in [4.78, 5) is 0. The first-order valence-corrected chi connectivity index (χ1v) is 10.9. The van der Waals surface area contributed by atoms with E-state index in [0.717, 1.165) is 24.6 Å². The fourth-order valence-corrected chi connectivity index (χ4v) is 3.84. The molecule has 120 valence electrons. The third-order valence-electron chi connectivity index (χ3n) is 1.93. The van der Waals surface area contributed by atoms with E-state index in [-0.39, 0.29) is 11.0 Å². The van der Waals surface area contributed by atoms with Gasteiger partial charge in [-0.1, -0.05) is 8.64 Å². The van der Waals surface area contributed by atoms with E-state index < -0.39 is 18.5 Å². The van der Waals surface area contributed by atoms with Crippen LogP contribution < -0.4 is 21.3 Å². The molecule has 0 bridgehead atoms. The van der Waals surface area contributed by atoms with Crippen molar-refractivity contribution in [3.63, 3.8) is 0 Å². The van der Waals surface area contributed by atoms with Gasteiger partial charge in [0.1, 0.15) is 11.0 Å². The summed E-state index contributed by atoms with van der Waals surface area (Å²) >= 11 is 20.3. The number of thiocarbonyl (C=S) groups is 2. The van der Waals surface area contributed by atoms with Crippen molar-refractivity contribution in [3.8, 4) is 0 Å². The molecular formula is C8H14MoN4O2S6. The topological polar surface area (TPSA) is 82.3 Å².